The predicted molar refractivity (Wildman–Crippen MR) is 106 cm³/mol. The van der Waals surface area contributed by atoms with Crippen LogP contribution in [0.2, 0.25) is 0 Å². The van der Waals surface area contributed by atoms with E-state index < -0.39 is 11.2 Å². The first-order valence-corrected chi connectivity index (χ1v) is 9.66. The summed E-state index contributed by atoms with van der Waals surface area (Å²) in [5.41, 5.74) is 1.16. The second kappa shape index (κ2) is 8.64. The van der Waals surface area contributed by atoms with E-state index in [0.29, 0.717) is 0 Å². The monoisotopic (exact) mass is 383 g/mol. The van der Waals surface area contributed by atoms with Crippen LogP contribution >= 0.6 is 11.3 Å². The molecule has 0 radical (unpaired) electrons. The number of aryl methyl sites for hydroxylation is 1. The number of hydrogen-bond donors (Lipinski definition) is 2. The molecule has 3 rings (SSSR count). The molecule has 0 spiro atoms. The van der Waals surface area contributed by atoms with Crippen LogP contribution in [0.1, 0.15) is 35.4 Å². The lowest BCUT2D eigenvalue weighted by molar-refractivity contribution is -0.122. The highest BCUT2D eigenvalue weighted by Gasteiger charge is 2.18. The van der Waals surface area contributed by atoms with Gasteiger partial charge in [-0.3, -0.25) is 19.1 Å². The Morgan fingerprint density at radius 3 is 2.59 bits per heavy atom. The first kappa shape index (κ1) is 18.8. The minimum Gasteiger partial charge on any atom is -0.343 e. The molecular weight excluding hydrogens is 362 g/mol. The zero-order valence-corrected chi connectivity index (χ0v) is 15.8. The van der Waals surface area contributed by atoms with Gasteiger partial charge in [-0.1, -0.05) is 43.7 Å². The second-order valence-electron chi connectivity index (χ2n) is 6.25. The lowest BCUT2D eigenvalue weighted by atomic mass is 10.0. The molecule has 2 heterocycles. The molecule has 0 bridgehead atoms. The smallest absolute Gasteiger partial charge is 0.328 e. The van der Waals surface area contributed by atoms with Gasteiger partial charge in [-0.15, -0.1) is 11.3 Å². The Morgan fingerprint density at radius 2 is 1.96 bits per heavy atom. The van der Waals surface area contributed by atoms with Crippen molar-refractivity contribution < 1.29 is 4.79 Å². The van der Waals surface area contributed by atoms with Crippen LogP contribution in [0.15, 0.2) is 63.6 Å². The quantitative estimate of drug-likeness (QED) is 0.657. The Balaban J connectivity index is 1.80. The van der Waals surface area contributed by atoms with Gasteiger partial charge in [-0.25, -0.2) is 4.79 Å². The molecule has 0 aliphatic rings. The lowest BCUT2D eigenvalue weighted by Gasteiger charge is -2.19. The molecule has 0 fully saturated rings. The average Bonchev–Trinajstić information content (AvgIpc) is 3.18. The molecular formula is C20H21N3O3S. The highest BCUT2D eigenvalue weighted by molar-refractivity contribution is 7.10. The standard InChI is InChI=1S/C20H21N3O3S/c1-2-4-14-6-8-15(9-7-14)19(16-5-3-12-27-16)21-18(25)13-23-11-10-17(24)22-20(23)26/h3,5-12,19H,2,4,13H2,1H3,(H,21,25)(H,22,24,26)/t19-/m1/s1. The van der Waals surface area contributed by atoms with Crippen LogP contribution in [0.3, 0.4) is 0 Å². The van der Waals surface area contributed by atoms with Gasteiger partial charge in [0, 0.05) is 17.1 Å². The summed E-state index contributed by atoms with van der Waals surface area (Å²) in [4.78, 5) is 38.6. The van der Waals surface area contributed by atoms with E-state index in [1.165, 1.54) is 22.4 Å². The minimum atomic E-state index is -0.603. The number of rotatable bonds is 7. The first-order chi connectivity index (χ1) is 13.1. The highest BCUT2D eigenvalue weighted by atomic mass is 32.1. The number of benzene rings is 1. The molecule has 3 aromatic rings. The van der Waals surface area contributed by atoms with E-state index in [1.54, 1.807) is 11.3 Å². The van der Waals surface area contributed by atoms with Crippen molar-refractivity contribution in [3.8, 4) is 0 Å². The van der Waals surface area contributed by atoms with Crippen LogP contribution in [-0.2, 0) is 17.8 Å². The molecule has 7 heteroatoms. The Hall–Kier alpha value is -2.93. The maximum absolute atomic E-state index is 12.5. The van der Waals surface area contributed by atoms with Gasteiger partial charge in [-0.2, -0.15) is 0 Å². The van der Waals surface area contributed by atoms with Gasteiger partial charge in [0.15, 0.2) is 0 Å². The Bertz CT molecular complexity index is 1000. The van der Waals surface area contributed by atoms with Crippen LogP contribution in [0.25, 0.3) is 0 Å². The van der Waals surface area contributed by atoms with Crippen LogP contribution in [0.5, 0.6) is 0 Å². The van der Waals surface area contributed by atoms with Crippen LogP contribution in [0.4, 0.5) is 0 Å². The molecule has 0 aliphatic heterocycles. The van der Waals surface area contributed by atoms with Crippen LogP contribution in [-0.4, -0.2) is 15.5 Å². The third kappa shape index (κ3) is 4.83. The molecule has 1 atom stereocenters. The van der Waals surface area contributed by atoms with Crippen LogP contribution < -0.4 is 16.6 Å². The fraction of sp³-hybridized carbons (Fsp3) is 0.250. The summed E-state index contributed by atoms with van der Waals surface area (Å²) in [6.45, 7) is 1.98. The number of hydrogen-bond acceptors (Lipinski definition) is 4. The summed E-state index contributed by atoms with van der Waals surface area (Å²) < 4.78 is 1.17. The summed E-state index contributed by atoms with van der Waals surface area (Å²) >= 11 is 1.56. The largest absolute Gasteiger partial charge is 0.343 e. The minimum absolute atomic E-state index is 0.161. The number of aromatic nitrogens is 2. The zero-order valence-electron chi connectivity index (χ0n) is 15.0. The van der Waals surface area contributed by atoms with Gasteiger partial charge >= 0.3 is 5.69 Å². The molecule has 0 aliphatic carbocycles. The molecule has 140 valence electrons. The molecule has 0 saturated carbocycles. The average molecular weight is 383 g/mol. The first-order valence-electron chi connectivity index (χ1n) is 8.78. The SMILES string of the molecule is CCCc1ccc([C@@H](NC(=O)Cn2ccc(=O)[nH]c2=O)c2cccs2)cc1. The van der Waals surface area contributed by atoms with Crippen LogP contribution in [0, 0.1) is 0 Å². The number of carbonyl (C=O) groups excluding carboxylic acids is 1. The summed E-state index contributed by atoms with van der Waals surface area (Å²) in [6, 6.07) is 13.1. The van der Waals surface area contributed by atoms with Gasteiger partial charge in [0.05, 0.1) is 6.04 Å². The topological polar surface area (TPSA) is 84.0 Å². The van der Waals surface area contributed by atoms with Crippen molar-refractivity contribution in [1.29, 1.82) is 0 Å². The molecule has 2 aromatic heterocycles. The maximum atomic E-state index is 12.5. The van der Waals surface area contributed by atoms with Gasteiger partial charge < -0.3 is 5.32 Å². The van der Waals surface area contributed by atoms with Gasteiger partial charge in [0.25, 0.3) is 5.56 Å². The molecule has 2 N–H and O–H groups in total. The van der Waals surface area contributed by atoms with Gasteiger partial charge in [-0.05, 0) is 29.0 Å². The normalized spacial score (nSPS) is 11.9. The maximum Gasteiger partial charge on any atom is 0.328 e. The lowest BCUT2D eigenvalue weighted by Crippen LogP contribution is -2.37. The Labute approximate surface area is 160 Å². The zero-order chi connectivity index (χ0) is 19.2. The van der Waals surface area contributed by atoms with E-state index in [0.717, 1.165) is 23.3 Å². The van der Waals surface area contributed by atoms with Gasteiger partial charge in [0.2, 0.25) is 5.91 Å². The molecule has 1 amide bonds. The number of H-pyrrole nitrogens is 1. The fourth-order valence-corrected chi connectivity index (χ4v) is 3.67. The summed E-state index contributed by atoms with van der Waals surface area (Å²) in [7, 11) is 0. The highest BCUT2D eigenvalue weighted by Crippen LogP contribution is 2.26. The number of thiophene rings is 1. The second-order valence-corrected chi connectivity index (χ2v) is 7.22. The van der Waals surface area contributed by atoms with Crippen molar-refractivity contribution >= 4 is 17.2 Å². The van der Waals surface area contributed by atoms with E-state index >= 15 is 0 Å². The number of aromatic amines is 1. The fourth-order valence-electron chi connectivity index (χ4n) is 2.87. The molecule has 27 heavy (non-hydrogen) atoms. The molecule has 1 aromatic carbocycles. The van der Waals surface area contributed by atoms with Crippen molar-refractivity contribution in [2.45, 2.75) is 32.4 Å². The summed E-state index contributed by atoms with van der Waals surface area (Å²) in [6.07, 6.45) is 3.42. The van der Waals surface area contributed by atoms with Crippen molar-refractivity contribution in [3.63, 3.8) is 0 Å². The van der Waals surface area contributed by atoms with Crippen molar-refractivity contribution in [3.05, 3.63) is 90.9 Å². The van der Waals surface area contributed by atoms with Crippen molar-refractivity contribution in [2.75, 3.05) is 0 Å². The predicted octanol–water partition coefficient (Wildman–Crippen LogP) is 2.46. The van der Waals surface area contributed by atoms with E-state index in [9.17, 15) is 14.4 Å². The number of carbonyl (C=O) groups is 1. The van der Waals surface area contributed by atoms with E-state index in [-0.39, 0.29) is 18.5 Å². The van der Waals surface area contributed by atoms with Gasteiger partial charge in [0.1, 0.15) is 6.54 Å². The van der Waals surface area contributed by atoms with Crippen molar-refractivity contribution in [1.82, 2.24) is 14.9 Å². The number of nitrogens with one attached hydrogen (secondary N) is 2. The third-order valence-corrected chi connectivity index (χ3v) is 5.13. The van der Waals surface area contributed by atoms with E-state index in [4.69, 9.17) is 0 Å². The van der Waals surface area contributed by atoms with E-state index in [1.807, 2.05) is 29.6 Å². The third-order valence-electron chi connectivity index (χ3n) is 4.20. The van der Waals surface area contributed by atoms with E-state index in [2.05, 4.69) is 29.4 Å². The Kier molecular flexibility index (Phi) is 6.03. The molecule has 0 saturated heterocycles. The summed E-state index contributed by atoms with van der Waals surface area (Å²) in [5.74, 6) is -0.305. The van der Waals surface area contributed by atoms with Crippen molar-refractivity contribution in [2.24, 2.45) is 0 Å². The number of amides is 1. The number of nitrogens with zero attached hydrogens (tertiary/aromatic N) is 1. The molecule has 0 unspecified atom stereocenters. The Morgan fingerprint density at radius 1 is 1.19 bits per heavy atom. The molecule has 6 nitrogen and oxygen atoms in total. The summed E-state index contributed by atoms with van der Waals surface area (Å²) in [5, 5.41) is 4.96.